The van der Waals surface area contributed by atoms with Crippen LogP contribution in [0.15, 0.2) is 72.9 Å². The maximum atomic E-state index is 12.9. The van der Waals surface area contributed by atoms with Crippen molar-refractivity contribution in [2.45, 2.75) is 262 Å². The van der Waals surface area contributed by atoms with Crippen LogP contribution in [0.25, 0.3) is 0 Å². The van der Waals surface area contributed by atoms with E-state index in [2.05, 4.69) is 92.1 Å². The Kier molecular flexibility index (Phi) is 42.4. The lowest BCUT2D eigenvalue weighted by atomic mass is 9.99. The molecule has 9 heteroatoms. The van der Waals surface area contributed by atoms with Gasteiger partial charge in [0.1, 0.15) is 24.4 Å². The third kappa shape index (κ3) is 35.4. The molecule has 0 spiro atoms. The van der Waals surface area contributed by atoms with Gasteiger partial charge in [-0.25, -0.2) is 0 Å². The van der Waals surface area contributed by atoms with Crippen LogP contribution in [0.3, 0.4) is 0 Å². The molecule has 0 radical (unpaired) electrons. The van der Waals surface area contributed by atoms with Gasteiger partial charge in [0.25, 0.3) is 0 Å². The number of unbranched alkanes of at least 4 members (excludes halogenated alkanes) is 22. The van der Waals surface area contributed by atoms with E-state index in [0.29, 0.717) is 12.8 Å². The number of aliphatic hydroxyl groups is 5. The first-order chi connectivity index (χ1) is 31.8. The van der Waals surface area contributed by atoms with Crippen LogP contribution in [-0.2, 0) is 14.3 Å². The van der Waals surface area contributed by atoms with E-state index in [9.17, 15) is 30.3 Å². The molecule has 0 bridgehead atoms. The number of rotatable bonds is 44. The van der Waals surface area contributed by atoms with Crippen LogP contribution in [0.4, 0.5) is 0 Å². The van der Waals surface area contributed by atoms with E-state index in [0.717, 1.165) is 77.0 Å². The lowest BCUT2D eigenvalue weighted by Gasteiger charge is -2.40. The topological polar surface area (TPSA) is 149 Å². The molecule has 0 saturated carbocycles. The fraction of sp³-hybridized carbons (Fsp3) is 0.768. The second kappa shape index (κ2) is 45.4. The van der Waals surface area contributed by atoms with Gasteiger partial charge < -0.3 is 40.3 Å². The molecule has 9 nitrogen and oxygen atoms in total. The average molecular weight is 914 g/mol. The maximum Gasteiger partial charge on any atom is 0.220 e. The Morgan fingerprint density at radius 1 is 0.538 bits per heavy atom. The van der Waals surface area contributed by atoms with Crippen LogP contribution in [0.2, 0.25) is 0 Å². The summed E-state index contributed by atoms with van der Waals surface area (Å²) in [7, 11) is 0. The highest BCUT2D eigenvalue weighted by atomic mass is 16.7. The van der Waals surface area contributed by atoms with E-state index in [1.54, 1.807) is 0 Å². The van der Waals surface area contributed by atoms with E-state index in [1.807, 2.05) is 0 Å². The molecule has 6 N–H and O–H groups in total. The molecule has 376 valence electrons. The quantitative estimate of drug-likeness (QED) is 0.0261. The van der Waals surface area contributed by atoms with Gasteiger partial charge in [0.2, 0.25) is 5.91 Å². The smallest absolute Gasteiger partial charge is 0.220 e. The third-order valence-electron chi connectivity index (χ3n) is 12.3. The number of amides is 1. The molecule has 0 aromatic rings. The molecule has 7 unspecified atom stereocenters. The van der Waals surface area contributed by atoms with Crippen molar-refractivity contribution in [2.24, 2.45) is 0 Å². The molecule has 1 aliphatic heterocycles. The lowest BCUT2D eigenvalue weighted by Crippen LogP contribution is -2.60. The number of ether oxygens (including phenoxy) is 2. The van der Waals surface area contributed by atoms with Gasteiger partial charge in [-0.1, -0.05) is 222 Å². The van der Waals surface area contributed by atoms with E-state index < -0.39 is 49.5 Å². The molecule has 0 aliphatic carbocycles. The summed E-state index contributed by atoms with van der Waals surface area (Å²) >= 11 is 0. The largest absolute Gasteiger partial charge is 0.394 e. The summed E-state index contributed by atoms with van der Waals surface area (Å²) in [6.45, 7) is 3.66. The summed E-state index contributed by atoms with van der Waals surface area (Å²) in [5, 5.41) is 54.2. The number of carbonyl (C=O) groups is 1. The Morgan fingerprint density at radius 2 is 0.954 bits per heavy atom. The van der Waals surface area contributed by atoms with Crippen molar-refractivity contribution < 1.29 is 39.8 Å². The normalized spacial score (nSPS) is 20.5. The molecule has 1 fully saturated rings. The first-order valence-electron chi connectivity index (χ1n) is 26.6. The molecule has 65 heavy (non-hydrogen) atoms. The highest BCUT2D eigenvalue weighted by molar-refractivity contribution is 5.76. The van der Waals surface area contributed by atoms with Gasteiger partial charge in [-0.2, -0.15) is 0 Å². The first kappa shape index (κ1) is 60.6. The molecular weight excluding hydrogens is 815 g/mol. The summed E-state index contributed by atoms with van der Waals surface area (Å²) in [5.74, 6) is -0.150. The van der Waals surface area contributed by atoms with Gasteiger partial charge in [-0.3, -0.25) is 4.79 Å². The molecule has 1 heterocycles. The van der Waals surface area contributed by atoms with Crippen molar-refractivity contribution in [3.63, 3.8) is 0 Å². The first-order valence-corrected chi connectivity index (χ1v) is 26.6. The highest BCUT2D eigenvalue weighted by Gasteiger charge is 2.44. The van der Waals surface area contributed by atoms with E-state index >= 15 is 0 Å². The zero-order valence-electron chi connectivity index (χ0n) is 41.5. The minimum Gasteiger partial charge on any atom is -0.394 e. The van der Waals surface area contributed by atoms with Gasteiger partial charge in [0, 0.05) is 6.42 Å². The van der Waals surface area contributed by atoms with E-state index in [1.165, 1.54) is 116 Å². The van der Waals surface area contributed by atoms with E-state index in [4.69, 9.17) is 9.47 Å². The highest BCUT2D eigenvalue weighted by Crippen LogP contribution is 2.23. The number of hydrogen-bond donors (Lipinski definition) is 6. The Labute approximate surface area is 398 Å². The molecule has 1 rings (SSSR count). The van der Waals surface area contributed by atoms with Crippen molar-refractivity contribution in [3.05, 3.63) is 72.9 Å². The Hall–Kier alpha value is -2.37. The van der Waals surface area contributed by atoms with Gasteiger partial charge in [0.15, 0.2) is 6.29 Å². The van der Waals surface area contributed by atoms with Crippen molar-refractivity contribution >= 4 is 5.91 Å². The standard InChI is InChI=1S/C56H99NO8/c1-3-5-7-9-11-12-13-14-15-16-17-18-19-20-21-22-23-24-25-26-27-28-29-30-31-32-33-34-35-36-37-38-40-42-44-46-52(60)57-49(50(59)45-43-41-39-10-8-6-4-2)48-64-56-55(63)54(62)53(61)51(47-58)65-56/h5,7,11-12,14-15,17-18,20-21,23-24,49-51,53-56,58-59,61-63H,3-4,6,8-10,13,16,19,22,25-48H2,1-2H3,(H,57,60)/b7-5-,12-11-,15-14-,18-17-,21-20-,24-23-. The van der Waals surface area contributed by atoms with Gasteiger partial charge in [-0.05, 0) is 64.2 Å². The molecule has 0 aromatic heterocycles. The fourth-order valence-corrected chi connectivity index (χ4v) is 8.11. The zero-order chi connectivity index (χ0) is 47.3. The van der Waals surface area contributed by atoms with Crippen LogP contribution in [0.1, 0.15) is 219 Å². The molecular formula is C56H99NO8. The second-order valence-corrected chi connectivity index (χ2v) is 18.3. The fourth-order valence-electron chi connectivity index (χ4n) is 8.11. The van der Waals surface area contributed by atoms with E-state index in [-0.39, 0.29) is 12.5 Å². The van der Waals surface area contributed by atoms with Crippen molar-refractivity contribution in [2.75, 3.05) is 13.2 Å². The summed E-state index contributed by atoms with van der Waals surface area (Å²) < 4.78 is 11.2. The van der Waals surface area contributed by atoms with Gasteiger partial charge in [-0.15, -0.1) is 0 Å². The Balaban J connectivity index is 2.05. The molecule has 1 aliphatic rings. The predicted molar refractivity (Wildman–Crippen MR) is 272 cm³/mol. The summed E-state index contributed by atoms with van der Waals surface area (Å²) in [6.07, 6.45) is 55.4. The molecule has 1 amide bonds. The lowest BCUT2D eigenvalue weighted by molar-refractivity contribution is -0.302. The number of hydrogen-bond acceptors (Lipinski definition) is 8. The predicted octanol–water partition coefficient (Wildman–Crippen LogP) is 12.5. The van der Waals surface area contributed by atoms with Crippen LogP contribution in [0, 0.1) is 0 Å². The zero-order valence-corrected chi connectivity index (χ0v) is 41.5. The molecule has 1 saturated heterocycles. The maximum absolute atomic E-state index is 12.9. The van der Waals surface area contributed by atoms with Crippen LogP contribution < -0.4 is 5.32 Å². The van der Waals surface area contributed by atoms with Gasteiger partial charge in [0.05, 0.1) is 25.4 Å². The average Bonchev–Trinajstić information content (AvgIpc) is 3.31. The van der Waals surface area contributed by atoms with Crippen molar-refractivity contribution in [1.29, 1.82) is 0 Å². The number of aliphatic hydroxyl groups excluding tert-OH is 5. The van der Waals surface area contributed by atoms with Crippen molar-refractivity contribution in [1.82, 2.24) is 5.32 Å². The molecule has 7 atom stereocenters. The second-order valence-electron chi connectivity index (χ2n) is 18.3. The van der Waals surface area contributed by atoms with Crippen LogP contribution in [0.5, 0.6) is 0 Å². The van der Waals surface area contributed by atoms with Crippen molar-refractivity contribution in [3.8, 4) is 0 Å². The van der Waals surface area contributed by atoms with Crippen LogP contribution in [-0.4, -0.2) is 87.5 Å². The molecule has 0 aromatic carbocycles. The summed E-state index contributed by atoms with van der Waals surface area (Å²) in [4.78, 5) is 12.9. The van der Waals surface area contributed by atoms with Crippen LogP contribution >= 0.6 is 0 Å². The monoisotopic (exact) mass is 914 g/mol. The number of allylic oxidation sites excluding steroid dienone is 12. The summed E-state index contributed by atoms with van der Waals surface area (Å²) in [6, 6.07) is -0.718. The van der Waals surface area contributed by atoms with Gasteiger partial charge >= 0.3 is 0 Å². The Bertz CT molecular complexity index is 1240. The number of carbonyl (C=O) groups excluding carboxylic acids is 1. The Morgan fingerprint density at radius 3 is 1.42 bits per heavy atom. The number of nitrogens with one attached hydrogen (secondary N) is 1. The minimum atomic E-state index is -1.55. The minimum absolute atomic E-state index is 0.140. The third-order valence-corrected chi connectivity index (χ3v) is 12.3. The summed E-state index contributed by atoms with van der Waals surface area (Å²) in [5.41, 5.74) is 0. The SMILES string of the molecule is CC/C=C\C/C=C\C/C=C\C/C=C\C/C=C\C/C=C\CCCCCCCCCCCCCCCCCCC(=O)NC(COC1OC(CO)C(O)C(O)C1O)C(O)CCCCCCCCC.